The third-order valence-electron chi connectivity index (χ3n) is 3.31. The maximum Gasteiger partial charge on any atom is 0.254 e. The van der Waals surface area contributed by atoms with E-state index in [9.17, 15) is 9.90 Å². The first-order valence-electron chi connectivity index (χ1n) is 5.80. The molecule has 0 fully saturated rings. The van der Waals surface area contributed by atoms with E-state index in [4.69, 9.17) is 4.74 Å². The molecular weight excluding hydrogens is 230 g/mol. The first-order valence-corrected chi connectivity index (χ1v) is 5.80. The van der Waals surface area contributed by atoms with E-state index in [1.54, 1.807) is 17.7 Å². The third-order valence-corrected chi connectivity index (χ3v) is 3.31. The lowest BCUT2D eigenvalue weighted by atomic mass is 9.97. The molecule has 1 aromatic heterocycles. The van der Waals surface area contributed by atoms with Crippen LogP contribution >= 0.6 is 0 Å². The Balaban J connectivity index is 2.25. The van der Waals surface area contributed by atoms with E-state index in [-0.39, 0.29) is 11.3 Å². The van der Waals surface area contributed by atoms with Gasteiger partial charge in [0.25, 0.3) is 5.56 Å². The molecule has 0 spiro atoms. The molecule has 1 N–H and O–H groups in total. The summed E-state index contributed by atoms with van der Waals surface area (Å²) in [7, 11) is 1.63. The van der Waals surface area contributed by atoms with Gasteiger partial charge >= 0.3 is 0 Å². The van der Waals surface area contributed by atoms with Gasteiger partial charge in [-0.05, 0) is 30.2 Å². The molecule has 1 aliphatic rings. The first-order chi connectivity index (χ1) is 8.69. The van der Waals surface area contributed by atoms with Gasteiger partial charge in [0.2, 0.25) is 0 Å². The fourth-order valence-electron chi connectivity index (χ4n) is 2.42. The highest BCUT2D eigenvalue weighted by Gasteiger charge is 2.18. The summed E-state index contributed by atoms with van der Waals surface area (Å²) in [6.45, 7) is 0.634. The summed E-state index contributed by atoms with van der Waals surface area (Å²) < 4.78 is 6.89. The smallest absolute Gasteiger partial charge is 0.254 e. The van der Waals surface area contributed by atoms with Crippen molar-refractivity contribution in [3.63, 3.8) is 0 Å². The Morgan fingerprint density at radius 2 is 2.11 bits per heavy atom. The Hall–Kier alpha value is -2.23. The van der Waals surface area contributed by atoms with Gasteiger partial charge in [0.15, 0.2) is 0 Å². The van der Waals surface area contributed by atoms with Crippen LogP contribution in [0.3, 0.4) is 0 Å². The predicted molar refractivity (Wildman–Crippen MR) is 68.1 cm³/mol. The number of benzene rings is 1. The lowest BCUT2D eigenvalue weighted by molar-refractivity contribution is 0.414. The average molecular weight is 243 g/mol. The van der Waals surface area contributed by atoms with Crippen molar-refractivity contribution in [2.75, 3.05) is 7.11 Å². The minimum atomic E-state index is -0.161. The summed E-state index contributed by atoms with van der Waals surface area (Å²) in [5.41, 5.74) is 2.73. The molecule has 1 aliphatic heterocycles. The molecule has 2 heterocycles. The van der Waals surface area contributed by atoms with Gasteiger partial charge in [0, 0.05) is 24.2 Å². The standard InChI is InChI=1S/C14H13NO3/c1-18-11-2-3-12-9(6-11)4-5-15-13(12)7-10(16)8-14(15)17/h2-3,6-8,16H,4-5H2,1H3. The van der Waals surface area contributed by atoms with E-state index in [1.807, 2.05) is 18.2 Å². The minimum absolute atomic E-state index is 0.00918. The van der Waals surface area contributed by atoms with E-state index in [1.165, 1.54) is 6.07 Å². The van der Waals surface area contributed by atoms with Crippen molar-refractivity contribution in [1.29, 1.82) is 0 Å². The second-order valence-corrected chi connectivity index (χ2v) is 4.36. The number of hydrogen-bond donors (Lipinski definition) is 1. The molecule has 2 aromatic rings. The number of nitrogens with zero attached hydrogens (tertiary/aromatic N) is 1. The topological polar surface area (TPSA) is 51.5 Å². The molecule has 0 saturated carbocycles. The number of fused-ring (bicyclic) bond motifs is 3. The molecule has 4 nitrogen and oxygen atoms in total. The van der Waals surface area contributed by atoms with Crippen LogP contribution in [0, 0.1) is 0 Å². The van der Waals surface area contributed by atoms with Crippen LogP contribution < -0.4 is 10.3 Å². The Bertz CT molecular complexity index is 673. The van der Waals surface area contributed by atoms with Gasteiger partial charge in [-0.1, -0.05) is 0 Å². The predicted octanol–water partition coefficient (Wildman–Crippen LogP) is 1.79. The molecule has 0 saturated heterocycles. The summed E-state index contributed by atoms with van der Waals surface area (Å²) in [5, 5.41) is 9.56. The second kappa shape index (κ2) is 3.91. The molecule has 0 aliphatic carbocycles. The monoisotopic (exact) mass is 243 g/mol. The van der Waals surface area contributed by atoms with E-state index < -0.39 is 0 Å². The zero-order chi connectivity index (χ0) is 12.7. The molecule has 0 amide bonds. The van der Waals surface area contributed by atoms with Crippen LogP contribution in [-0.4, -0.2) is 16.8 Å². The zero-order valence-corrected chi connectivity index (χ0v) is 10.0. The van der Waals surface area contributed by atoms with Gasteiger partial charge in [-0.3, -0.25) is 4.79 Å². The van der Waals surface area contributed by atoms with Crippen LogP contribution in [0.25, 0.3) is 11.3 Å². The van der Waals surface area contributed by atoms with E-state index in [0.717, 1.165) is 29.0 Å². The van der Waals surface area contributed by atoms with Crippen molar-refractivity contribution in [3.05, 3.63) is 46.2 Å². The molecular formula is C14H13NO3. The normalized spacial score (nSPS) is 12.7. The van der Waals surface area contributed by atoms with Crippen LogP contribution in [0.4, 0.5) is 0 Å². The quantitative estimate of drug-likeness (QED) is 0.830. The number of rotatable bonds is 1. The van der Waals surface area contributed by atoms with Crippen LogP contribution in [0.1, 0.15) is 5.56 Å². The molecule has 4 heteroatoms. The Kier molecular flexibility index (Phi) is 2.37. The maximum atomic E-state index is 11.8. The van der Waals surface area contributed by atoms with Crippen LogP contribution in [0.2, 0.25) is 0 Å². The van der Waals surface area contributed by atoms with Gasteiger partial charge in [0.1, 0.15) is 11.5 Å². The molecule has 0 unspecified atom stereocenters. The van der Waals surface area contributed by atoms with Crippen LogP contribution in [-0.2, 0) is 13.0 Å². The van der Waals surface area contributed by atoms with Crippen molar-refractivity contribution < 1.29 is 9.84 Å². The van der Waals surface area contributed by atoms with E-state index >= 15 is 0 Å². The van der Waals surface area contributed by atoms with Crippen molar-refractivity contribution >= 4 is 0 Å². The van der Waals surface area contributed by atoms with Crippen molar-refractivity contribution in [2.24, 2.45) is 0 Å². The fraction of sp³-hybridized carbons (Fsp3) is 0.214. The molecule has 1 aromatic carbocycles. The van der Waals surface area contributed by atoms with Gasteiger partial charge in [0.05, 0.1) is 12.8 Å². The Morgan fingerprint density at radius 3 is 2.89 bits per heavy atom. The molecule has 18 heavy (non-hydrogen) atoms. The Morgan fingerprint density at radius 1 is 1.28 bits per heavy atom. The fourth-order valence-corrected chi connectivity index (χ4v) is 2.42. The number of aromatic nitrogens is 1. The molecule has 3 rings (SSSR count). The van der Waals surface area contributed by atoms with E-state index in [2.05, 4.69) is 0 Å². The highest BCUT2D eigenvalue weighted by atomic mass is 16.5. The minimum Gasteiger partial charge on any atom is -0.508 e. The third kappa shape index (κ3) is 1.57. The zero-order valence-electron chi connectivity index (χ0n) is 10.0. The lowest BCUT2D eigenvalue weighted by Gasteiger charge is -2.22. The number of aromatic hydroxyl groups is 1. The summed E-state index contributed by atoms with van der Waals surface area (Å²) in [4.78, 5) is 11.8. The molecule has 92 valence electrons. The van der Waals surface area contributed by atoms with Crippen molar-refractivity contribution in [2.45, 2.75) is 13.0 Å². The summed E-state index contributed by atoms with van der Waals surface area (Å²) in [5.74, 6) is 0.819. The van der Waals surface area contributed by atoms with Gasteiger partial charge < -0.3 is 14.4 Å². The van der Waals surface area contributed by atoms with Gasteiger partial charge in [-0.2, -0.15) is 0 Å². The number of hydrogen-bond acceptors (Lipinski definition) is 3. The molecule has 0 bridgehead atoms. The van der Waals surface area contributed by atoms with Crippen LogP contribution in [0.5, 0.6) is 11.5 Å². The average Bonchev–Trinajstić information content (AvgIpc) is 2.37. The van der Waals surface area contributed by atoms with Crippen LogP contribution in [0.15, 0.2) is 35.1 Å². The largest absolute Gasteiger partial charge is 0.508 e. The van der Waals surface area contributed by atoms with Gasteiger partial charge in [-0.15, -0.1) is 0 Å². The van der Waals surface area contributed by atoms with Crippen molar-refractivity contribution in [3.8, 4) is 22.8 Å². The summed E-state index contributed by atoms with van der Waals surface area (Å²) in [6, 6.07) is 8.65. The van der Waals surface area contributed by atoms with Crippen molar-refractivity contribution in [1.82, 2.24) is 4.57 Å². The summed E-state index contributed by atoms with van der Waals surface area (Å²) >= 11 is 0. The first kappa shape index (κ1) is 10.9. The lowest BCUT2D eigenvalue weighted by Crippen LogP contribution is -2.25. The highest BCUT2D eigenvalue weighted by Crippen LogP contribution is 2.32. The molecule has 0 atom stereocenters. The second-order valence-electron chi connectivity index (χ2n) is 4.36. The SMILES string of the molecule is COc1ccc2c(c1)CCn1c-2cc(O)cc1=O. The number of ether oxygens (including phenoxy) is 1. The van der Waals surface area contributed by atoms with E-state index in [0.29, 0.717) is 6.54 Å². The Labute approximate surface area is 104 Å². The maximum absolute atomic E-state index is 11.8. The van der Waals surface area contributed by atoms with Gasteiger partial charge in [-0.25, -0.2) is 0 Å². The molecule has 0 radical (unpaired) electrons. The highest BCUT2D eigenvalue weighted by molar-refractivity contribution is 5.68. The number of aryl methyl sites for hydroxylation is 1. The summed E-state index contributed by atoms with van der Waals surface area (Å²) in [6.07, 6.45) is 0.796. The number of methoxy groups -OCH3 is 1. The number of pyridine rings is 1.